The van der Waals surface area contributed by atoms with E-state index in [9.17, 15) is 0 Å². The molecule has 2 heterocycles. The fourth-order valence-electron chi connectivity index (χ4n) is 1.40. The van der Waals surface area contributed by atoms with Crippen molar-refractivity contribution >= 4 is 11.6 Å². The Bertz CT molecular complexity index is 499. The molecular formula is C13H14ClNO3. The normalized spacial score (nSPS) is 12.4. The molecule has 0 aliphatic heterocycles. The van der Waals surface area contributed by atoms with Crippen molar-refractivity contribution in [2.24, 2.45) is 0 Å². The highest BCUT2D eigenvalue weighted by Crippen LogP contribution is 2.25. The van der Waals surface area contributed by atoms with Crippen molar-refractivity contribution in [1.82, 2.24) is 4.98 Å². The van der Waals surface area contributed by atoms with Crippen molar-refractivity contribution in [3.8, 4) is 17.0 Å². The van der Waals surface area contributed by atoms with Crippen LogP contribution >= 0.6 is 11.6 Å². The van der Waals surface area contributed by atoms with Gasteiger partial charge in [-0.2, -0.15) is 0 Å². The van der Waals surface area contributed by atoms with E-state index in [2.05, 4.69) is 4.98 Å². The summed E-state index contributed by atoms with van der Waals surface area (Å²) < 4.78 is 15.7. The highest BCUT2D eigenvalue weighted by Gasteiger charge is 2.07. The number of hydrogen-bond acceptors (Lipinski definition) is 4. The van der Waals surface area contributed by atoms with Gasteiger partial charge in [0.25, 0.3) is 0 Å². The Balaban J connectivity index is 2.17. The zero-order chi connectivity index (χ0) is 13.0. The average molecular weight is 268 g/mol. The summed E-state index contributed by atoms with van der Waals surface area (Å²) in [6.45, 7) is 2.39. The van der Waals surface area contributed by atoms with Gasteiger partial charge in [-0.15, -0.1) is 0 Å². The topological polar surface area (TPSA) is 44.5 Å². The second-order valence-electron chi connectivity index (χ2n) is 3.88. The summed E-state index contributed by atoms with van der Waals surface area (Å²) in [4.78, 5) is 4.22. The Kier molecular flexibility index (Phi) is 4.23. The van der Waals surface area contributed by atoms with Gasteiger partial charge >= 0.3 is 0 Å². The number of ether oxygens (including phenoxy) is 2. The fraction of sp³-hybridized carbons (Fsp3) is 0.308. The van der Waals surface area contributed by atoms with Crippen LogP contribution in [-0.2, 0) is 4.74 Å². The van der Waals surface area contributed by atoms with Crippen LogP contribution in [0.2, 0.25) is 5.15 Å². The summed E-state index contributed by atoms with van der Waals surface area (Å²) in [7, 11) is 1.64. The fourth-order valence-corrected chi connectivity index (χ4v) is 1.60. The average Bonchev–Trinajstić information content (AvgIpc) is 2.89. The molecule has 96 valence electrons. The summed E-state index contributed by atoms with van der Waals surface area (Å²) in [5.41, 5.74) is 1.58. The molecule has 5 heteroatoms. The van der Waals surface area contributed by atoms with E-state index in [0.29, 0.717) is 17.5 Å². The predicted octanol–water partition coefficient (Wildman–Crippen LogP) is 3.41. The van der Waals surface area contributed by atoms with Crippen molar-refractivity contribution < 1.29 is 13.9 Å². The van der Waals surface area contributed by atoms with Gasteiger partial charge in [0.1, 0.15) is 17.5 Å². The number of rotatable bonds is 5. The van der Waals surface area contributed by atoms with Gasteiger partial charge in [-0.3, -0.25) is 0 Å². The first-order chi connectivity index (χ1) is 8.69. The number of methoxy groups -OCH3 is 1. The first kappa shape index (κ1) is 12.9. The van der Waals surface area contributed by atoms with E-state index in [-0.39, 0.29) is 6.10 Å². The lowest BCUT2D eigenvalue weighted by molar-refractivity contribution is 0.0716. The van der Waals surface area contributed by atoms with Crippen LogP contribution < -0.4 is 4.74 Å². The third-order valence-electron chi connectivity index (χ3n) is 2.47. The second kappa shape index (κ2) is 5.89. The largest absolute Gasteiger partial charge is 0.491 e. The number of pyridine rings is 1. The summed E-state index contributed by atoms with van der Waals surface area (Å²) in [6.07, 6.45) is 3.22. The van der Waals surface area contributed by atoms with Crippen LogP contribution in [0, 0.1) is 0 Å². The molecule has 0 fully saturated rings. The van der Waals surface area contributed by atoms with E-state index in [1.807, 2.05) is 19.1 Å². The van der Waals surface area contributed by atoms with Gasteiger partial charge in [-0.25, -0.2) is 4.98 Å². The van der Waals surface area contributed by atoms with E-state index in [4.69, 9.17) is 25.5 Å². The maximum Gasteiger partial charge on any atom is 0.133 e. The molecule has 2 rings (SSSR count). The van der Waals surface area contributed by atoms with Crippen molar-refractivity contribution in [2.75, 3.05) is 13.7 Å². The minimum absolute atomic E-state index is 0.0225. The summed E-state index contributed by atoms with van der Waals surface area (Å²) in [6, 6.07) is 5.31. The van der Waals surface area contributed by atoms with Crippen LogP contribution in [0.15, 0.2) is 35.1 Å². The molecule has 4 nitrogen and oxygen atoms in total. The van der Waals surface area contributed by atoms with Crippen molar-refractivity contribution in [2.45, 2.75) is 13.0 Å². The van der Waals surface area contributed by atoms with Crippen LogP contribution in [0.3, 0.4) is 0 Å². The van der Waals surface area contributed by atoms with Crippen molar-refractivity contribution in [3.63, 3.8) is 0 Å². The summed E-state index contributed by atoms with van der Waals surface area (Å²) in [5, 5.41) is 0.383. The Morgan fingerprint density at radius 2 is 2.28 bits per heavy atom. The quantitative estimate of drug-likeness (QED) is 0.779. The molecule has 0 N–H and O–H groups in total. The molecule has 2 aromatic heterocycles. The van der Waals surface area contributed by atoms with Crippen molar-refractivity contribution in [1.29, 1.82) is 0 Å². The third kappa shape index (κ3) is 3.24. The maximum atomic E-state index is 5.96. The minimum Gasteiger partial charge on any atom is -0.491 e. The molecule has 0 bridgehead atoms. The zero-order valence-electron chi connectivity index (χ0n) is 10.2. The van der Waals surface area contributed by atoms with Gasteiger partial charge in [0, 0.05) is 24.8 Å². The molecule has 0 aliphatic rings. The van der Waals surface area contributed by atoms with Gasteiger partial charge in [0.2, 0.25) is 0 Å². The summed E-state index contributed by atoms with van der Waals surface area (Å²) >= 11 is 5.96. The van der Waals surface area contributed by atoms with Gasteiger partial charge in [0.15, 0.2) is 0 Å². The van der Waals surface area contributed by atoms with E-state index in [1.54, 1.807) is 25.7 Å². The van der Waals surface area contributed by atoms with Crippen LogP contribution in [0.25, 0.3) is 11.3 Å². The molecular weight excluding hydrogens is 254 g/mol. The number of nitrogens with zero attached hydrogens (tertiary/aromatic N) is 1. The highest BCUT2D eigenvalue weighted by molar-refractivity contribution is 6.29. The lowest BCUT2D eigenvalue weighted by Crippen LogP contribution is -2.15. The van der Waals surface area contributed by atoms with Gasteiger partial charge in [-0.1, -0.05) is 11.6 Å². The van der Waals surface area contributed by atoms with Crippen LogP contribution in [-0.4, -0.2) is 24.8 Å². The van der Waals surface area contributed by atoms with Crippen LogP contribution in [0.4, 0.5) is 0 Å². The Hall–Kier alpha value is -1.52. The molecule has 0 saturated heterocycles. The number of hydrogen-bond donors (Lipinski definition) is 0. The Labute approximate surface area is 110 Å². The standard InChI is InChI=1S/C13H14ClNO3/c1-9(16-2)7-18-11-5-12(15-13(14)6-11)10-3-4-17-8-10/h3-6,8-9H,7H2,1-2H3. The van der Waals surface area contributed by atoms with Gasteiger partial charge < -0.3 is 13.9 Å². The van der Waals surface area contributed by atoms with Crippen LogP contribution in [0.5, 0.6) is 5.75 Å². The molecule has 1 unspecified atom stereocenters. The smallest absolute Gasteiger partial charge is 0.133 e. The Morgan fingerprint density at radius 3 is 2.94 bits per heavy atom. The monoisotopic (exact) mass is 267 g/mol. The third-order valence-corrected chi connectivity index (χ3v) is 2.67. The maximum absolute atomic E-state index is 5.96. The van der Waals surface area contributed by atoms with Crippen molar-refractivity contribution in [3.05, 3.63) is 35.9 Å². The van der Waals surface area contributed by atoms with E-state index in [0.717, 1.165) is 11.3 Å². The lowest BCUT2D eigenvalue weighted by Gasteiger charge is -2.12. The molecule has 2 aromatic rings. The van der Waals surface area contributed by atoms with Crippen LogP contribution in [0.1, 0.15) is 6.92 Å². The summed E-state index contributed by atoms with van der Waals surface area (Å²) in [5.74, 6) is 0.662. The molecule has 0 aliphatic carbocycles. The minimum atomic E-state index is 0.0225. The molecule has 0 saturated carbocycles. The first-order valence-corrected chi connectivity index (χ1v) is 5.92. The predicted molar refractivity (Wildman–Crippen MR) is 68.9 cm³/mol. The van der Waals surface area contributed by atoms with E-state index < -0.39 is 0 Å². The zero-order valence-corrected chi connectivity index (χ0v) is 11.0. The van der Waals surface area contributed by atoms with E-state index >= 15 is 0 Å². The number of halogens is 1. The molecule has 0 amide bonds. The van der Waals surface area contributed by atoms with E-state index in [1.165, 1.54) is 0 Å². The SMILES string of the molecule is COC(C)COc1cc(Cl)nc(-c2ccoc2)c1. The molecule has 0 spiro atoms. The Morgan fingerprint density at radius 1 is 1.44 bits per heavy atom. The first-order valence-electron chi connectivity index (χ1n) is 5.55. The van der Waals surface area contributed by atoms with Gasteiger partial charge in [-0.05, 0) is 13.0 Å². The molecule has 18 heavy (non-hydrogen) atoms. The number of furan rings is 1. The highest BCUT2D eigenvalue weighted by atomic mass is 35.5. The second-order valence-corrected chi connectivity index (χ2v) is 4.27. The molecule has 0 radical (unpaired) electrons. The lowest BCUT2D eigenvalue weighted by atomic mass is 10.2. The van der Waals surface area contributed by atoms with Gasteiger partial charge in [0.05, 0.1) is 24.3 Å². The molecule has 0 aromatic carbocycles. The molecule has 1 atom stereocenters. The number of aromatic nitrogens is 1.